The van der Waals surface area contributed by atoms with Gasteiger partial charge in [0.15, 0.2) is 11.5 Å². The van der Waals surface area contributed by atoms with Gasteiger partial charge in [0, 0.05) is 13.1 Å². The number of ether oxygens (including phenoxy) is 3. The lowest BCUT2D eigenvalue weighted by Gasteiger charge is -2.25. The molecule has 0 radical (unpaired) electrons. The van der Waals surface area contributed by atoms with E-state index in [1.54, 1.807) is 14.2 Å². The maximum atomic E-state index is 10.4. The number of rotatable bonds is 11. The lowest BCUT2D eigenvalue weighted by Crippen LogP contribution is -2.35. The van der Waals surface area contributed by atoms with Crippen LogP contribution in [0.25, 0.3) is 0 Å². The molecule has 0 aromatic heterocycles. The molecule has 2 aromatic carbocycles. The highest BCUT2D eigenvalue weighted by molar-refractivity contribution is 5.42. The SMILES string of the molecule is CCCN(Cc1ccc(OC)c(OC)c1)CC(O)COc1ccccc1C. The highest BCUT2D eigenvalue weighted by atomic mass is 16.5. The molecule has 5 heteroatoms. The minimum Gasteiger partial charge on any atom is -0.493 e. The van der Waals surface area contributed by atoms with Gasteiger partial charge in [-0.3, -0.25) is 4.90 Å². The van der Waals surface area contributed by atoms with Crippen molar-refractivity contribution in [2.24, 2.45) is 0 Å². The van der Waals surface area contributed by atoms with Gasteiger partial charge in [0.05, 0.1) is 14.2 Å². The Morgan fingerprint density at radius 3 is 2.41 bits per heavy atom. The van der Waals surface area contributed by atoms with Crippen molar-refractivity contribution in [1.29, 1.82) is 0 Å². The zero-order chi connectivity index (χ0) is 19.6. The summed E-state index contributed by atoms with van der Waals surface area (Å²) in [6.45, 7) is 6.59. The van der Waals surface area contributed by atoms with Gasteiger partial charge in [-0.1, -0.05) is 31.2 Å². The van der Waals surface area contributed by atoms with Crippen molar-refractivity contribution in [2.45, 2.75) is 32.9 Å². The monoisotopic (exact) mass is 373 g/mol. The Hall–Kier alpha value is -2.24. The molecule has 0 aliphatic heterocycles. The summed E-state index contributed by atoms with van der Waals surface area (Å²) in [5.74, 6) is 2.25. The Labute approximate surface area is 162 Å². The number of aryl methyl sites for hydroxylation is 1. The number of aliphatic hydroxyl groups is 1. The summed E-state index contributed by atoms with van der Waals surface area (Å²) in [7, 11) is 3.27. The van der Waals surface area contributed by atoms with Crippen LogP contribution in [-0.2, 0) is 6.54 Å². The van der Waals surface area contributed by atoms with E-state index in [1.807, 2.05) is 49.4 Å². The second-order valence-electron chi connectivity index (χ2n) is 6.65. The summed E-state index contributed by atoms with van der Waals surface area (Å²) < 4.78 is 16.5. The van der Waals surface area contributed by atoms with Crippen molar-refractivity contribution >= 4 is 0 Å². The smallest absolute Gasteiger partial charge is 0.161 e. The van der Waals surface area contributed by atoms with Gasteiger partial charge >= 0.3 is 0 Å². The molecule has 5 nitrogen and oxygen atoms in total. The second-order valence-corrected chi connectivity index (χ2v) is 6.65. The fourth-order valence-electron chi connectivity index (χ4n) is 3.04. The van der Waals surface area contributed by atoms with Crippen LogP contribution < -0.4 is 14.2 Å². The zero-order valence-corrected chi connectivity index (χ0v) is 16.8. The topological polar surface area (TPSA) is 51.2 Å². The minimum atomic E-state index is -0.559. The quantitative estimate of drug-likeness (QED) is 0.651. The minimum absolute atomic E-state index is 0.275. The predicted molar refractivity (Wildman–Crippen MR) is 108 cm³/mol. The zero-order valence-electron chi connectivity index (χ0n) is 16.8. The van der Waals surface area contributed by atoms with E-state index in [9.17, 15) is 5.11 Å². The first-order valence-electron chi connectivity index (χ1n) is 9.37. The van der Waals surface area contributed by atoms with E-state index in [0.717, 1.165) is 47.9 Å². The Morgan fingerprint density at radius 1 is 1.00 bits per heavy atom. The molecule has 0 saturated heterocycles. The Kier molecular flexibility index (Phi) is 8.43. The molecular formula is C22H31NO4. The molecule has 148 valence electrons. The Balaban J connectivity index is 1.95. The molecule has 0 aliphatic carbocycles. The Bertz CT molecular complexity index is 704. The maximum absolute atomic E-state index is 10.4. The van der Waals surface area contributed by atoms with Gasteiger partial charge in [-0.05, 0) is 49.2 Å². The molecule has 27 heavy (non-hydrogen) atoms. The van der Waals surface area contributed by atoms with Crippen LogP contribution in [-0.4, -0.2) is 50.0 Å². The first kappa shape index (κ1) is 21.1. The van der Waals surface area contributed by atoms with E-state index < -0.39 is 6.10 Å². The third-order valence-electron chi connectivity index (χ3n) is 4.39. The van der Waals surface area contributed by atoms with E-state index in [2.05, 4.69) is 11.8 Å². The van der Waals surface area contributed by atoms with Crippen LogP contribution in [0.2, 0.25) is 0 Å². The largest absolute Gasteiger partial charge is 0.493 e. The van der Waals surface area contributed by atoms with Crippen molar-refractivity contribution in [1.82, 2.24) is 4.90 Å². The highest BCUT2D eigenvalue weighted by Gasteiger charge is 2.14. The van der Waals surface area contributed by atoms with E-state index in [0.29, 0.717) is 6.54 Å². The molecule has 0 heterocycles. The van der Waals surface area contributed by atoms with Crippen molar-refractivity contribution < 1.29 is 19.3 Å². The fraction of sp³-hybridized carbons (Fsp3) is 0.455. The van der Waals surface area contributed by atoms with E-state index in [1.165, 1.54) is 0 Å². The molecule has 1 unspecified atom stereocenters. The normalized spacial score (nSPS) is 12.1. The third kappa shape index (κ3) is 6.45. The first-order valence-corrected chi connectivity index (χ1v) is 9.37. The summed E-state index contributed by atoms with van der Waals surface area (Å²) >= 11 is 0. The van der Waals surface area contributed by atoms with Crippen molar-refractivity contribution in [3.63, 3.8) is 0 Å². The highest BCUT2D eigenvalue weighted by Crippen LogP contribution is 2.28. The van der Waals surface area contributed by atoms with Crippen LogP contribution in [0, 0.1) is 6.92 Å². The summed E-state index contributed by atoms with van der Waals surface area (Å²) in [6.07, 6.45) is 0.454. The van der Waals surface area contributed by atoms with Crippen molar-refractivity contribution in [3.8, 4) is 17.2 Å². The lowest BCUT2D eigenvalue weighted by molar-refractivity contribution is 0.0653. The average Bonchev–Trinajstić information content (AvgIpc) is 2.67. The van der Waals surface area contributed by atoms with Crippen molar-refractivity contribution in [2.75, 3.05) is 33.9 Å². The standard InChI is InChI=1S/C22H31NO4/c1-5-12-23(14-18-10-11-21(25-3)22(13-18)26-4)15-19(24)16-27-20-9-7-6-8-17(20)2/h6-11,13,19,24H,5,12,14-16H2,1-4H3. The summed E-state index contributed by atoms with van der Waals surface area (Å²) in [5, 5.41) is 10.4. The van der Waals surface area contributed by atoms with Gasteiger partial charge in [0.25, 0.3) is 0 Å². The number of para-hydroxylation sites is 1. The van der Waals surface area contributed by atoms with E-state index in [-0.39, 0.29) is 6.61 Å². The van der Waals surface area contributed by atoms with Crippen LogP contribution >= 0.6 is 0 Å². The van der Waals surface area contributed by atoms with Crippen LogP contribution in [0.15, 0.2) is 42.5 Å². The molecule has 2 aromatic rings. The lowest BCUT2D eigenvalue weighted by atomic mass is 10.1. The van der Waals surface area contributed by atoms with Gasteiger partial charge in [-0.25, -0.2) is 0 Å². The molecular weight excluding hydrogens is 342 g/mol. The fourth-order valence-corrected chi connectivity index (χ4v) is 3.04. The second kappa shape index (κ2) is 10.8. The summed E-state index contributed by atoms with van der Waals surface area (Å²) in [4.78, 5) is 2.23. The third-order valence-corrected chi connectivity index (χ3v) is 4.39. The van der Waals surface area contributed by atoms with Gasteiger partial charge in [-0.15, -0.1) is 0 Å². The molecule has 0 saturated carbocycles. The van der Waals surface area contributed by atoms with Crippen LogP contribution in [0.3, 0.4) is 0 Å². The Morgan fingerprint density at radius 2 is 1.74 bits per heavy atom. The van der Waals surface area contributed by atoms with Gasteiger partial charge < -0.3 is 19.3 Å². The molecule has 0 bridgehead atoms. The predicted octanol–water partition coefficient (Wildman–Crippen LogP) is 3.66. The van der Waals surface area contributed by atoms with E-state index >= 15 is 0 Å². The molecule has 0 aliphatic rings. The first-order chi connectivity index (χ1) is 13.1. The number of methoxy groups -OCH3 is 2. The molecule has 1 atom stereocenters. The summed E-state index contributed by atoms with van der Waals surface area (Å²) in [6, 6.07) is 13.8. The number of nitrogens with zero attached hydrogens (tertiary/aromatic N) is 1. The number of hydrogen-bond donors (Lipinski definition) is 1. The molecule has 1 N–H and O–H groups in total. The van der Waals surface area contributed by atoms with Crippen LogP contribution in [0.5, 0.6) is 17.2 Å². The maximum Gasteiger partial charge on any atom is 0.161 e. The van der Waals surface area contributed by atoms with E-state index in [4.69, 9.17) is 14.2 Å². The van der Waals surface area contributed by atoms with Crippen LogP contribution in [0.1, 0.15) is 24.5 Å². The van der Waals surface area contributed by atoms with Gasteiger partial charge in [0.1, 0.15) is 18.5 Å². The molecule has 0 amide bonds. The number of aliphatic hydroxyl groups excluding tert-OH is 1. The van der Waals surface area contributed by atoms with Gasteiger partial charge in [0.2, 0.25) is 0 Å². The average molecular weight is 373 g/mol. The molecule has 0 spiro atoms. The number of hydrogen-bond acceptors (Lipinski definition) is 5. The van der Waals surface area contributed by atoms with Gasteiger partial charge in [-0.2, -0.15) is 0 Å². The van der Waals surface area contributed by atoms with Crippen LogP contribution in [0.4, 0.5) is 0 Å². The molecule has 2 rings (SSSR count). The summed E-state index contributed by atoms with van der Waals surface area (Å²) in [5.41, 5.74) is 2.19. The number of benzene rings is 2. The van der Waals surface area contributed by atoms with Crippen molar-refractivity contribution in [3.05, 3.63) is 53.6 Å². The molecule has 0 fully saturated rings.